The average Bonchev–Trinajstić information content (AvgIpc) is 2.52. The molecule has 2 nitrogen and oxygen atoms in total. The van der Waals surface area contributed by atoms with Crippen molar-refractivity contribution in [3.8, 4) is 5.75 Å². The van der Waals surface area contributed by atoms with E-state index in [1.807, 2.05) is 36.4 Å². The van der Waals surface area contributed by atoms with E-state index in [0.717, 1.165) is 5.56 Å². The van der Waals surface area contributed by atoms with Crippen molar-refractivity contribution in [3.63, 3.8) is 0 Å². The second-order valence-electron chi connectivity index (χ2n) is 4.86. The third-order valence-corrected chi connectivity index (χ3v) is 3.80. The van der Waals surface area contributed by atoms with E-state index in [1.165, 1.54) is 0 Å². The lowest BCUT2D eigenvalue weighted by Crippen LogP contribution is -2.18. The van der Waals surface area contributed by atoms with Gasteiger partial charge in [-0.05, 0) is 35.9 Å². The molecule has 0 radical (unpaired) electrons. The molecule has 4 heteroatoms. The van der Waals surface area contributed by atoms with Crippen molar-refractivity contribution in [2.24, 2.45) is 0 Å². The van der Waals surface area contributed by atoms with Gasteiger partial charge in [0, 0.05) is 15.6 Å². The van der Waals surface area contributed by atoms with E-state index in [4.69, 9.17) is 27.9 Å². The summed E-state index contributed by atoms with van der Waals surface area (Å²) >= 11 is 11.8. The molecule has 0 amide bonds. The van der Waals surface area contributed by atoms with E-state index in [0.29, 0.717) is 26.9 Å². The van der Waals surface area contributed by atoms with Gasteiger partial charge in [-0.1, -0.05) is 53.6 Å². The largest absolute Gasteiger partial charge is 0.488 e. The molecule has 1 aliphatic heterocycles. The molecule has 2 aromatic carbocycles. The number of hydrogen-bond acceptors (Lipinski definition) is 2. The minimum absolute atomic E-state index is 0.0514. The van der Waals surface area contributed by atoms with E-state index in [-0.39, 0.29) is 12.4 Å². The highest BCUT2D eigenvalue weighted by Gasteiger charge is 2.22. The van der Waals surface area contributed by atoms with E-state index in [9.17, 15) is 4.79 Å². The standard InChI is InChI=1S/C18H12Cl2O2/c19-14-6-4-12(5-7-14)2-1-3-13-11-22-17-9-8-15(20)10-16(17)18(13)21/h1-10H,11H2/b2-1+,13-3+. The molecule has 0 spiro atoms. The van der Waals surface area contributed by atoms with Crippen LogP contribution < -0.4 is 4.74 Å². The van der Waals surface area contributed by atoms with Gasteiger partial charge in [0.2, 0.25) is 0 Å². The molecule has 0 saturated heterocycles. The Morgan fingerprint density at radius 2 is 1.73 bits per heavy atom. The molecular formula is C18H12Cl2O2. The number of hydrogen-bond donors (Lipinski definition) is 0. The van der Waals surface area contributed by atoms with Crippen LogP contribution in [0.4, 0.5) is 0 Å². The topological polar surface area (TPSA) is 26.3 Å². The lowest BCUT2D eigenvalue weighted by atomic mass is 10.00. The first kappa shape index (κ1) is 14.9. The van der Waals surface area contributed by atoms with Crippen LogP contribution in [-0.2, 0) is 0 Å². The van der Waals surface area contributed by atoms with Crippen LogP contribution in [0, 0.1) is 0 Å². The van der Waals surface area contributed by atoms with Crippen molar-refractivity contribution in [2.75, 3.05) is 6.61 Å². The van der Waals surface area contributed by atoms with Gasteiger partial charge in [-0.25, -0.2) is 0 Å². The summed E-state index contributed by atoms with van der Waals surface area (Å²) in [7, 11) is 0. The lowest BCUT2D eigenvalue weighted by molar-refractivity contribution is 0.0999. The van der Waals surface area contributed by atoms with Crippen LogP contribution in [0.1, 0.15) is 15.9 Å². The van der Waals surface area contributed by atoms with Crippen LogP contribution in [0.25, 0.3) is 6.08 Å². The highest BCUT2D eigenvalue weighted by molar-refractivity contribution is 6.31. The Hall–Kier alpha value is -2.03. The number of carbonyl (C=O) groups excluding carboxylic acids is 1. The van der Waals surface area contributed by atoms with Gasteiger partial charge in [0.25, 0.3) is 0 Å². The minimum Gasteiger partial charge on any atom is -0.488 e. The molecule has 0 aliphatic carbocycles. The van der Waals surface area contributed by atoms with Crippen LogP contribution in [-0.4, -0.2) is 12.4 Å². The normalized spacial score (nSPS) is 15.9. The molecule has 0 unspecified atom stereocenters. The maximum atomic E-state index is 12.4. The van der Waals surface area contributed by atoms with Gasteiger partial charge in [0.1, 0.15) is 12.4 Å². The average molecular weight is 331 g/mol. The number of benzene rings is 2. The summed E-state index contributed by atoms with van der Waals surface area (Å²) in [5.74, 6) is 0.526. The number of Topliss-reactive ketones (excluding diaryl/α,β-unsaturated/α-hetero) is 1. The van der Waals surface area contributed by atoms with Crippen LogP contribution >= 0.6 is 23.2 Å². The fourth-order valence-electron chi connectivity index (χ4n) is 2.17. The first-order chi connectivity index (χ1) is 10.6. The van der Waals surface area contributed by atoms with Gasteiger partial charge in [0.05, 0.1) is 5.56 Å². The number of carbonyl (C=O) groups is 1. The van der Waals surface area contributed by atoms with E-state index >= 15 is 0 Å². The Kier molecular flexibility index (Phi) is 4.32. The van der Waals surface area contributed by atoms with Crippen LogP contribution in [0.5, 0.6) is 5.75 Å². The van der Waals surface area contributed by atoms with Gasteiger partial charge < -0.3 is 4.74 Å². The molecule has 0 aromatic heterocycles. The Labute approximate surface area is 138 Å². The number of allylic oxidation sites excluding steroid dienone is 2. The molecule has 3 rings (SSSR count). The van der Waals surface area contributed by atoms with Gasteiger partial charge in [-0.2, -0.15) is 0 Å². The van der Waals surface area contributed by atoms with Crippen molar-refractivity contribution in [1.82, 2.24) is 0 Å². The Balaban J connectivity index is 1.81. The summed E-state index contributed by atoms with van der Waals surface area (Å²) in [5.41, 5.74) is 2.11. The van der Waals surface area contributed by atoms with E-state index < -0.39 is 0 Å². The molecule has 0 bridgehead atoms. The van der Waals surface area contributed by atoms with Crippen molar-refractivity contribution >= 4 is 35.1 Å². The minimum atomic E-state index is -0.0514. The zero-order valence-corrected chi connectivity index (χ0v) is 13.1. The zero-order valence-electron chi connectivity index (χ0n) is 11.6. The fraction of sp³-hybridized carbons (Fsp3) is 0.0556. The number of fused-ring (bicyclic) bond motifs is 1. The smallest absolute Gasteiger partial charge is 0.196 e. The molecule has 2 aromatic rings. The van der Waals surface area contributed by atoms with Crippen LogP contribution in [0.15, 0.2) is 60.2 Å². The molecule has 0 atom stereocenters. The van der Waals surface area contributed by atoms with Gasteiger partial charge in [-0.15, -0.1) is 0 Å². The van der Waals surface area contributed by atoms with E-state index in [1.54, 1.807) is 24.3 Å². The predicted molar refractivity (Wildman–Crippen MR) is 89.8 cm³/mol. The molecule has 1 aliphatic rings. The second kappa shape index (κ2) is 6.39. The Bertz CT molecular complexity index is 774. The summed E-state index contributed by atoms with van der Waals surface area (Å²) in [6.07, 6.45) is 5.50. The number of rotatable bonds is 2. The maximum Gasteiger partial charge on any atom is 0.196 e. The summed E-state index contributed by atoms with van der Waals surface area (Å²) in [4.78, 5) is 12.4. The predicted octanol–water partition coefficient (Wildman–Crippen LogP) is 5.21. The molecule has 0 N–H and O–H groups in total. The van der Waals surface area contributed by atoms with Crippen molar-refractivity contribution in [3.05, 3.63) is 81.4 Å². The van der Waals surface area contributed by atoms with Crippen LogP contribution in [0.3, 0.4) is 0 Å². The third kappa shape index (κ3) is 3.24. The molecule has 0 saturated carbocycles. The maximum absolute atomic E-state index is 12.4. The Morgan fingerprint density at radius 1 is 1.00 bits per heavy atom. The Morgan fingerprint density at radius 3 is 2.50 bits per heavy atom. The molecule has 110 valence electrons. The van der Waals surface area contributed by atoms with Gasteiger partial charge in [-0.3, -0.25) is 4.79 Å². The van der Waals surface area contributed by atoms with Crippen LogP contribution in [0.2, 0.25) is 10.0 Å². The monoisotopic (exact) mass is 330 g/mol. The quantitative estimate of drug-likeness (QED) is 0.706. The molecule has 0 fully saturated rings. The second-order valence-corrected chi connectivity index (χ2v) is 5.73. The highest BCUT2D eigenvalue weighted by atomic mass is 35.5. The van der Waals surface area contributed by atoms with Gasteiger partial charge >= 0.3 is 0 Å². The summed E-state index contributed by atoms with van der Waals surface area (Å²) < 4.78 is 5.58. The SMILES string of the molecule is O=C1/C(=C/C=C/c2ccc(Cl)cc2)COc2ccc(Cl)cc21. The number of halogens is 2. The zero-order chi connectivity index (χ0) is 15.5. The molecule has 1 heterocycles. The van der Waals surface area contributed by atoms with Crippen molar-refractivity contribution in [1.29, 1.82) is 0 Å². The molecule has 22 heavy (non-hydrogen) atoms. The summed E-state index contributed by atoms with van der Waals surface area (Å²) in [5, 5.41) is 1.22. The fourth-order valence-corrected chi connectivity index (χ4v) is 2.47. The number of ketones is 1. The van der Waals surface area contributed by atoms with Gasteiger partial charge in [0.15, 0.2) is 5.78 Å². The third-order valence-electron chi connectivity index (χ3n) is 3.32. The van der Waals surface area contributed by atoms with E-state index in [2.05, 4.69) is 0 Å². The highest BCUT2D eigenvalue weighted by Crippen LogP contribution is 2.29. The lowest BCUT2D eigenvalue weighted by Gasteiger charge is -2.18. The summed E-state index contributed by atoms with van der Waals surface area (Å²) in [6.45, 7) is 0.262. The first-order valence-electron chi connectivity index (χ1n) is 6.73. The van der Waals surface area contributed by atoms with Crippen molar-refractivity contribution < 1.29 is 9.53 Å². The number of ether oxygens (including phenoxy) is 1. The summed E-state index contributed by atoms with van der Waals surface area (Å²) in [6, 6.07) is 12.5. The molecular weight excluding hydrogens is 319 g/mol. The van der Waals surface area contributed by atoms with Crippen molar-refractivity contribution in [2.45, 2.75) is 0 Å². The first-order valence-corrected chi connectivity index (χ1v) is 7.49.